The van der Waals surface area contributed by atoms with E-state index in [4.69, 9.17) is 0 Å². The standard InChI is InChI=1S/C8H6F3NO/c1-4-5(8(10)11)2-7(9)12-6(4)3-13/h2-3,8H,1H3. The second kappa shape index (κ2) is 3.55. The van der Waals surface area contributed by atoms with Gasteiger partial charge in [-0.3, -0.25) is 4.79 Å². The first kappa shape index (κ1) is 9.70. The van der Waals surface area contributed by atoms with E-state index in [1.807, 2.05) is 0 Å². The van der Waals surface area contributed by atoms with E-state index in [0.717, 1.165) is 0 Å². The average Bonchev–Trinajstić information content (AvgIpc) is 2.08. The first-order valence-corrected chi connectivity index (χ1v) is 3.46. The van der Waals surface area contributed by atoms with Crippen LogP contribution in [0.3, 0.4) is 0 Å². The zero-order chi connectivity index (χ0) is 10.0. The Morgan fingerprint density at radius 2 is 2.15 bits per heavy atom. The summed E-state index contributed by atoms with van der Waals surface area (Å²) in [7, 11) is 0. The normalized spacial score (nSPS) is 10.5. The van der Waals surface area contributed by atoms with Gasteiger partial charge in [-0.15, -0.1) is 0 Å². The van der Waals surface area contributed by atoms with Crippen molar-refractivity contribution in [3.63, 3.8) is 0 Å². The van der Waals surface area contributed by atoms with E-state index >= 15 is 0 Å². The minimum atomic E-state index is -2.80. The van der Waals surface area contributed by atoms with Crippen LogP contribution >= 0.6 is 0 Å². The average molecular weight is 189 g/mol. The van der Waals surface area contributed by atoms with Crippen LogP contribution in [-0.2, 0) is 0 Å². The molecule has 0 radical (unpaired) electrons. The number of aromatic nitrogens is 1. The fourth-order valence-electron chi connectivity index (χ4n) is 0.957. The summed E-state index contributed by atoms with van der Waals surface area (Å²) in [4.78, 5) is 13.4. The molecular weight excluding hydrogens is 183 g/mol. The molecule has 1 aromatic heterocycles. The number of nitrogens with zero attached hydrogens (tertiary/aromatic N) is 1. The molecule has 0 saturated carbocycles. The molecule has 13 heavy (non-hydrogen) atoms. The summed E-state index contributed by atoms with van der Waals surface area (Å²) in [5.41, 5.74) is -0.753. The van der Waals surface area contributed by atoms with Gasteiger partial charge in [0.1, 0.15) is 5.69 Å². The van der Waals surface area contributed by atoms with Crippen molar-refractivity contribution in [2.75, 3.05) is 0 Å². The van der Waals surface area contributed by atoms with E-state index in [2.05, 4.69) is 4.98 Å². The van der Waals surface area contributed by atoms with Crippen molar-refractivity contribution in [3.8, 4) is 0 Å². The van der Waals surface area contributed by atoms with Gasteiger partial charge in [0, 0.05) is 11.6 Å². The van der Waals surface area contributed by atoms with Crippen molar-refractivity contribution in [2.24, 2.45) is 0 Å². The van der Waals surface area contributed by atoms with Gasteiger partial charge in [0.05, 0.1) is 0 Å². The second-order valence-electron chi connectivity index (χ2n) is 2.46. The Hall–Kier alpha value is -1.39. The summed E-state index contributed by atoms with van der Waals surface area (Å²) in [6, 6.07) is 0.632. The molecule has 1 rings (SSSR count). The summed E-state index contributed by atoms with van der Waals surface area (Å²) < 4.78 is 37.0. The highest BCUT2D eigenvalue weighted by molar-refractivity contribution is 5.74. The molecule has 0 aromatic carbocycles. The molecule has 1 heterocycles. The van der Waals surface area contributed by atoms with Gasteiger partial charge in [0.2, 0.25) is 5.95 Å². The van der Waals surface area contributed by atoms with Gasteiger partial charge in [0.15, 0.2) is 6.29 Å². The molecular formula is C8H6F3NO. The fraction of sp³-hybridized carbons (Fsp3) is 0.250. The first-order valence-electron chi connectivity index (χ1n) is 3.46. The van der Waals surface area contributed by atoms with Crippen molar-refractivity contribution in [1.29, 1.82) is 0 Å². The Morgan fingerprint density at radius 3 is 2.62 bits per heavy atom. The molecule has 0 saturated heterocycles. The number of hydrogen-bond donors (Lipinski definition) is 0. The Labute approximate surface area is 72.4 Å². The van der Waals surface area contributed by atoms with Gasteiger partial charge < -0.3 is 0 Å². The molecule has 1 aromatic rings. The molecule has 70 valence electrons. The summed E-state index contributed by atoms with van der Waals surface area (Å²) in [6.45, 7) is 1.30. The topological polar surface area (TPSA) is 30.0 Å². The van der Waals surface area contributed by atoms with Crippen LogP contribution in [0.4, 0.5) is 13.2 Å². The molecule has 0 spiro atoms. The minimum Gasteiger partial charge on any atom is -0.296 e. The third kappa shape index (κ3) is 1.85. The number of hydrogen-bond acceptors (Lipinski definition) is 2. The lowest BCUT2D eigenvalue weighted by atomic mass is 10.1. The third-order valence-corrected chi connectivity index (χ3v) is 1.67. The SMILES string of the molecule is Cc1c(C(F)F)cc(F)nc1C=O. The minimum absolute atomic E-state index is 0.0198. The lowest BCUT2D eigenvalue weighted by molar-refractivity contribution is 0.111. The van der Waals surface area contributed by atoms with E-state index in [1.54, 1.807) is 0 Å². The molecule has 0 atom stereocenters. The summed E-state index contributed by atoms with van der Waals surface area (Å²) in [6.07, 6.45) is -2.54. The van der Waals surface area contributed by atoms with Crippen LogP contribution < -0.4 is 0 Å². The van der Waals surface area contributed by atoms with Crippen molar-refractivity contribution >= 4 is 6.29 Å². The van der Waals surface area contributed by atoms with Crippen molar-refractivity contribution < 1.29 is 18.0 Å². The van der Waals surface area contributed by atoms with Crippen LogP contribution in [-0.4, -0.2) is 11.3 Å². The quantitative estimate of drug-likeness (QED) is 0.527. The smallest absolute Gasteiger partial charge is 0.264 e. The Morgan fingerprint density at radius 1 is 1.54 bits per heavy atom. The third-order valence-electron chi connectivity index (χ3n) is 1.67. The molecule has 0 unspecified atom stereocenters. The summed E-state index contributed by atoms with van der Waals surface area (Å²) in [5, 5.41) is 0. The highest BCUT2D eigenvalue weighted by atomic mass is 19.3. The van der Waals surface area contributed by atoms with Gasteiger partial charge in [-0.2, -0.15) is 4.39 Å². The van der Waals surface area contributed by atoms with E-state index in [-0.39, 0.29) is 17.5 Å². The van der Waals surface area contributed by atoms with Crippen LogP contribution in [0.1, 0.15) is 28.0 Å². The van der Waals surface area contributed by atoms with Crippen LogP contribution in [0.5, 0.6) is 0 Å². The first-order chi connectivity index (χ1) is 6.06. The Kier molecular flexibility index (Phi) is 2.65. The number of halogens is 3. The highest BCUT2D eigenvalue weighted by Gasteiger charge is 2.15. The molecule has 0 aliphatic carbocycles. The van der Waals surface area contributed by atoms with E-state index in [1.165, 1.54) is 6.92 Å². The zero-order valence-corrected chi connectivity index (χ0v) is 6.72. The number of carbonyl (C=O) groups excluding carboxylic acids is 1. The number of pyridine rings is 1. The predicted molar refractivity (Wildman–Crippen MR) is 39.3 cm³/mol. The maximum absolute atomic E-state index is 12.6. The molecule has 0 bridgehead atoms. The van der Waals surface area contributed by atoms with Crippen LogP contribution in [0, 0.1) is 12.9 Å². The van der Waals surface area contributed by atoms with Crippen LogP contribution in [0.25, 0.3) is 0 Å². The molecule has 0 N–H and O–H groups in total. The lowest BCUT2D eigenvalue weighted by Crippen LogP contribution is -2.01. The van der Waals surface area contributed by atoms with Gasteiger partial charge in [-0.05, 0) is 12.5 Å². The van der Waals surface area contributed by atoms with Gasteiger partial charge in [-0.25, -0.2) is 13.8 Å². The van der Waals surface area contributed by atoms with E-state index in [0.29, 0.717) is 6.07 Å². The second-order valence-corrected chi connectivity index (χ2v) is 2.46. The molecule has 5 heteroatoms. The summed E-state index contributed by atoms with van der Waals surface area (Å²) in [5.74, 6) is -1.07. The number of carbonyl (C=O) groups is 1. The predicted octanol–water partition coefficient (Wildman–Crippen LogP) is 2.28. The molecule has 0 fully saturated rings. The molecule has 0 aliphatic rings. The van der Waals surface area contributed by atoms with Crippen molar-refractivity contribution in [3.05, 3.63) is 28.8 Å². The maximum atomic E-state index is 12.6. The maximum Gasteiger partial charge on any atom is 0.264 e. The molecule has 0 amide bonds. The zero-order valence-electron chi connectivity index (χ0n) is 6.72. The molecule has 2 nitrogen and oxygen atoms in total. The summed E-state index contributed by atoms with van der Waals surface area (Å²) >= 11 is 0. The van der Waals surface area contributed by atoms with Crippen LogP contribution in [0.15, 0.2) is 6.07 Å². The fourth-order valence-corrected chi connectivity index (χ4v) is 0.957. The van der Waals surface area contributed by atoms with E-state index in [9.17, 15) is 18.0 Å². The van der Waals surface area contributed by atoms with Gasteiger partial charge >= 0.3 is 0 Å². The number of aldehydes is 1. The van der Waals surface area contributed by atoms with E-state index < -0.39 is 17.9 Å². The Balaban J connectivity index is 3.35. The molecule has 0 aliphatic heterocycles. The monoisotopic (exact) mass is 189 g/mol. The van der Waals surface area contributed by atoms with Crippen molar-refractivity contribution in [2.45, 2.75) is 13.3 Å². The lowest BCUT2D eigenvalue weighted by Gasteiger charge is -2.05. The van der Waals surface area contributed by atoms with Crippen LogP contribution in [0.2, 0.25) is 0 Å². The van der Waals surface area contributed by atoms with Gasteiger partial charge in [0.25, 0.3) is 6.43 Å². The van der Waals surface area contributed by atoms with Gasteiger partial charge in [-0.1, -0.05) is 0 Å². The largest absolute Gasteiger partial charge is 0.296 e. The number of rotatable bonds is 2. The number of alkyl halides is 2. The Bertz CT molecular complexity index is 338. The van der Waals surface area contributed by atoms with Crippen molar-refractivity contribution in [1.82, 2.24) is 4.98 Å². The highest BCUT2D eigenvalue weighted by Crippen LogP contribution is 2.23.